The highest BCUT2D eigenvalue weighted by atomic mass is 35.5. The van der Waals surface area contributed by atoms with Gasteiger partial charge in [-0.25, -0.2) is 4.79 Å². The van der Waals surface area contributed by atoms with Gasteiger partial charge in [-0.15, -0.1) is 16.8 Å². The summed E-state index contributed by atoms with van der Waals surface area (Å²) in [6.07, 6.45) is 1.49. The molecule has 0 atom stereocenters. The Bertz CT molecular complexity index is 1150. The van der Waals surface area contributed by atoms with Crippen LogP contribution in [0.1, 0.15) is 27.5 Å². The first kappa shape index (κ1) is 19.8. The highest BCUT2D eigenvalue weighted by Crippen LogP contribution is 2.23. The molecule has 0 saturated heterocycles. The van der Waals surface area contributed by atoms with Crippen molar-refractivity contribution in [3.63, 3.8) is 0 Å². The van der Waals surface area contributed by atoms with Gasteiger partial charge >= 0.3 is 5.69 Å². The number of hydrogen-bond donors (Lipinski definition) is 1. The highest BCUT2D eigenvalue weighted by Gasteiger charge is 2.17. The first-order chi connectivity index (χ1) is 13.4. The molecule has 2 aromatic heterocycles. The summed E-state index contributed by atoms with van der Waals surface area (Å²) >= 11 is 6.59. The van der Waals surface area contributed by atoms with E-state index in [0.29, 0.717) is 21.8 Å². The normalized spacial score (nSPS) is 10.8. The monoisotopic (exact) mass is 418 g/mol. The molecule has 144 valence electrons. The summed E-state index contributed by atoms with van der Waals surface area (Å²) in [6, 6.07) is 6.42. The van der Waals surface area contributed by atoms with Gasteiger partial charge in [-0.2, -0.15) is 0 Å². The van der Waals surface area contributed by atoms with Crippen molar-refractivity contribution in [3.8, 4) is 0 Å². The molecule has 0 fully saturated rings. The van der Waals surface area contributed by atoms with Gasteiger partial charge in [0.25, 0.3) is 10.8 Å². The van der Waals surface area contributed by atoms with Gasteiger partial charge in [-0.3, -0.25) is 14.2 Å². The van der Waals surface area contributed by atoms with Crippen LogP contribution in [0.2, 0.25) is 5.02 Å². The van der Waals surface area contributed by atoms with E-state index in [-0.39, 0.29) is 29.2 Å². The van der Waals surface area contributed by atoms with Crippen LogP contribution in [-0.2, 0) is 13.0 Å². The van der Waals surface area contributed by atoms with Crippen molar-refractivity contribution < 1.29 is 9.21 Å². The summed E-state index contributed by atoms with van der Waals surface area (Å²) in [7, 11) is 0. The average molecular weight is 419 g/mol. The fraction of sp³-hybridized carbons (Fsp3) is 0.167. The third-order valence-corrected chi connectivity index (χ3v) is 4.86. The number of rotatable bonds is 6. The maximum atomic E-state index is 12.5. The minimum Gasteiger partial charge on any atom is -0.415 e. The fourth-order valence-electron chi connectivity index (χ4n) is 2.45. The molecule has 28 heavy (non-hydrogen) atoms. The number of halogens is 1. The van der Waals surface area contributed by atoms with Crippen molar-refractivity contribution in [2.45, 2.75) is 25.1 Å². The molecular formula is C18H15ClN4O4S. The van der Waals surface area contributed by atoms with E-state index in [1.165, 1.54) is 6.08 Å². The summed E-state index contributed by atoms with van der Waals surface area (Å²) in [5, 5.41) is 8.02. The molecule has 1 N–H and O–H groups in total. The third-order valence-electron chi connectivity index (χ3n) is 3.84. The molecule has 8 nitrogen and oxygen atoms in total. The van der Waals surface area contributed by atoms with Gasteiger partial charge in [0.1, 0.15) is 0 Å². The zero-order valence-electron chi connectivity index (χ0n) is 14.8. The van der Waals surface area contributed by atoms with Crippen molar-refractivity contribution in [2.24, 2.45) is 0 Å². The van der Waals surface area contributed by atoms with Crippen molar-refractivity contribution in [1.82, 2.24) is 19.7 Å². The van der Waals surface area contributed by atoms with Crippen LogP contribution in [0.3, 0.4) is 0 Å². The second-order valence-electron chi connectivity index (χ2n) is 5.77. The Labute approximate surface area is 168 Å². The third kappa shape index (κ3) is 4.32. The molecule has 0 aliphatic carbocycles. The van der Waals surface area contributed by atoms with Crippen LogP contribution in [0.5, 0.6) is 0 Å². The molecule has 0 amide bonds. The molecule has 0 aliphatic heterocycles. The lowest BCUT2D eigenvalue weighted by Gasteiger charge is -2.06. The second kappa shape index (κ2) is 8.41. The number of nitrogens with zero attached hydrogens (tertiary/aromatic N) is 3. The molecule has 2 heterocycles. The summed E-state index contributed by atoms with van der Waals surface area (Å²) in [4.78, 5) is 39.3. The number of nitrogens with one attached hydrogen (secondary N) is 1. The van der Waals surface area contributed by atoms with Gasteiger partial charge in [0.15, 0.2) is 0 Å². The maximum absolute atomic E-state index is 12.5. The van der Waals surface area contributed by atoms with Gasteiger partial charge in [-0.05, 0) is 31.2 Å². The predicted molar refractivity (Wildman–Crippen MR) is 105 cm³/mol. The number of carbonyl (C=O) groups is 1. The van der Waals surface area contributed by atoms with Crippen LogP contribution in [0.4, 0.5) is 0 Å². The van der Waals surface area contributed by atoms with Crippen LogP contribution >= 0.6 is 23.4 Å². The number of benzene rings is 1. The highest BCUT2D eigenvalue weighted by molar-refractivity contribution is 8.14. The Kier molecular flexibility index (Phi) is 5.96. The molecule has 3 aromatic rings. The molecule has 0 radical (unpaired) electrons. The molecule has 0 saturated carbocycles. The number of aromatic nitrogens is 4. The Morgan fingerprint density at radius 3 is 2.71 bits per heavy atom. The summed E-state index contributed by atoms with van der Waals surface area (Å²) in [5.41, 5.74) is 0.218. The van der Waals surface area contributed by atoms with E-state index < -0.39 is 11.2 Å². The van der Waals surface area contributed by atoms with Crippen LogP contribution in [0.15, 0.2) is 56.1 Å². The van der Waals surface area contributed by atoms with Crippen molar-refractivity contribution in [2.75, 3.05) is 0 Å². The van der Waals surface area contributed by atoms with Gasteiger partial charge < -0.3 is 9.40 Å². The van der Waals surface area contributed by atoms with E-state index in [4.69, 9.17) is 16.0 Å². The second-order valence-corrected chi connectivity index (χ2v) is 7.13. The zero-order chi connectivity index (χ0) is 20.3. The standard InChI is InChI=1S/C18H15ClN4O4S/c1-3-8-23-15(24)13(10(2)20-17(23)26)9-14-21-22-18(27-14)28-16(25)11-4-6-12(19)7-5-11/h3-7H,1,8-9H2,2H3,(H,20,26). The quantitative estimate of drug-likeness (QED) is 0.483. The fourth-order valence-corrected chi connectivity index (χ4v) is 3.21. The van der Waals surface area contributed by atoms with E-state index in [1.807, 2.05) is 0 Å². The average Bonchev–Trinajstić information content (AvgIpc) is 3.09. The van der Waals surface area contributed by atoms with Crippen LogP contribution in [0.25, 0.3) is 0 Å². The van der Waals surface area contributed by atoms with E-state index in [1.54, 1.807) is 31.2 Å². The van der Waals surface area contributed by atoms with Crippen LogP contribution < -0.4 is 11.2 Å². The first-order valence-corrected chi connectivity index (χ1v) is 9.32. The largest absolute Gasteiger partial charge is 0.415 e. The van der Waals surface area contributed by atoms with E-state index >= 15 is 0 Å². The van der Waals surface area contributed by atoms with Gasteiger partial charge in [0.2, 0.25) is 11.0 Å². The van der Waals surface area contributed by atoms with Gasteiger partial charge in [0.05, 0.1) is 6.42 Å². The Hall–Kier alpha value is -2.91. The molecule has 3 rings (SSSR count). The number of aryl methyl sites for hydroxylation is 1. The predicted octanol–water partition coefficient (Wildman–Crippen LogP) is 2.59. The lowest BCUT2D eigenvalue weighted by Crippen LogP contribution is -2.37. The van der Waals surface area contributed by atoms with Crippen molar-refractivity contribution in [3.05, 3.63) is 85.5 Å². The van der Waals surface area contributed by atoms with Crippen molar-refractivity contribution in [1.29, 1.82) is 0 Å². The van der Waals surface area contributed by atoms with Gasteiger partial charge in [-0.1, -0.05) is 17.7 Å². The zero-order valence-corrected chi connectivity index (χ0v) is 16.3. The Balaban J connectivity index is 1.80. The molecule has 0 unspecified atom stereocenters. The minimum atomic E-state index is -0.513. The van der Waals surface area contributed by atoms with E-state index in [9.17, 15) is 14.4 Å². The summed E-state index contributed by atoms with van der Waals surface area (Å²) in [5.74, 6) is 0.156. The Morgan fingerprint density at radius 1 is 1.32 bits per heavy atom. The maximum Gasteiger partial charge on any atom is 0.328 e. The number of thioether (sulfide) groups is 1. The Morgan fingerprint density at radius 2 is 2.04 bits per heavy atom. The number of H-pyrrole nitrogens is 1. The van der Waals surface area contributed by atoms with Crippen molar-refractivity contribution >= 4 is 28.5 Å². The van der Waals surface area contributed by atoms with Crippen LogP contribution in [-0.4, -0.2) is 24.9 Å². The number of hydrogen-bond acceptors (Lipinski definition) is 7. The summed E-state index contributed by atoms with van der Waals surface area (Å²) < 4.78 is 6.51. The number of carbonyl (C=O) groups excluding carboxylic acids is 1. The lowest BCUT2D eigenvalue weighted by atomic mass is 10.1. The molecule has 0 spiro atoms. The number of allylic oxidation sites excluding steroid dienone is 1. The van der Waals surface area contributed by atoms with E-state index in [2.05, 4.69) is 21.8 Å². The molecule has 10 heteroatoms. The topological polar surface area (TPSA) is 111 Å². The molecule has 0 aliphatic rings. The number of aromatic amines is 1. The smallest absolute Gasteiger partial charge is 0.328 e. The van der Waals surface area contributed by atoms with Gasteiger partial charge in [0, 0.05) is 40.2 Å². The van der Waals surface area contributed by atoms with Crippen LogP contribution in [0, 0.1) is 6.92 Å². The first-order valence-electron chi connectivity index (χ1n) is 8.12. The SMILES string of the molecule is C=CCn1c(=O)[nH]c(C)c(Cc2nnc(SC(=O)c3ccc(Cl)cc3)o2)c1=O. The lowest BCUT2D eigenvalue weighted by molar-refractivity contribution is 0.108. The summed E-state index contributed by atoms with van der Waals surface area (Å²) in [6.45, 7) is 5.24. The molecule has 0 bridgehead atoms. The minimum absolute atomic E-state index is 0.0291. The van der Waals surface area contributed by atoms with E-state index in [0.717, 1.165) is 16.3 Å². The molecular weight excluding hydrogens is 404 g/mol. The molecule has 1 aromatic carbocycles.